The van der Waals surface area contributed by atoms with Gasteiger partial charge >= 0.3 is 12.1 Å². The Morgan fingerprint density at radius 1 is 1.58 bits per heavy atom. The van der Waals surface area contributed by atoms with E-state index >= 15 is 0 Å². The summed E-state index contributed by atoms with van der Waals surface area (Å²) < 4.78 is 6.05. The molecule has 1 aliphatic heterocycles. The molecule has 2 rings (SSSR count). The first-order valence-electron chi connectivity index (χ1n) is 5.93. The summed E-state index contributed by atoms with van der Waals surface area (Å²) in [5.41, 5.74) is 1.83. The molecule has 19 heavy (non-hydrogen) atoms. The Morgan fingerprint density at radius 3 is 2.89 bits per heavy atom. The summed E-state index contributed by atoms with van der Waals surface area (Å²) in [5, 5.41) is 8.69. The van der Waals surface area contributed by atoms with E-state index in [1.165, 1.54) is 4.90 Å². The van der Waals surface area contributed by atoms with Gasteiger partial charge in [-0.15, -0.1) is 0 Å². The van der Waals surface area contributed by atoms with Crippen molar-refractivity contribution in [1.29, 1.82) is 0 Å². The third-order valence-electron chi connectivity index (χ3n) is 3.03. The van der Waals surface area contributed by atoms with Gasteiger partial charge in [0.2, 0.25) is 0 Å². The third kappa shape index (κ3) is 3.26. The molecular formula is C13H14BrNO4. The number of amides is 1. The molecule has 1 aromatic carbocycles. The number of carbonyl (C=O) groups is 2. The van der Waals surface area contributed by atoms with Gasteiger partial charge in [-0.1, -0.05) is 22.0 Å². The van der Waals surface area contributed by atoms with Crippen LogP contribution in [0.25, 0.3) is 0 Å². The van der Waals surface area contributed by atoms with Crippen LogP contribution in [-0.4, -0.2) is 29.8 Å². The van der Waals surface area contributed by atoms with Gasteiger partial charge in [0.1, 0.15) is 6.10 Å². The van der Waals surface area contributed by atoms with Gasteiger partial charge in [-0.05, 0) is 24.6 Å². The van der Waals surface area contributed by atoms with Gasteiger partial charge in [0.15, 0.2) is 0 Å². The predicted octanol–water partition coefficient (Wildman–Crippen LogP) is 2.95. The monoisotopic (exact) mass is 327 g/mol. The molecule has 1 fully saturated rings. The summed E-state index contributed by atoms with van der Waals surface area (Å²) in [6.45, 7) is 2.43. The Morgan fingerprint density at radius 2 is 2.32 bits per heavy atom. The second-order valence-corrected chi connectivity index (χ2v) is 5.33. The summed E-state index contributed by atoms with van der Waals surface area (Å²) in [6, 6.07) is 5.61. The SMILES string of the molecule is Cc1ccc(N2CCC(CC(=O)O)OC2=O)cc1Br. The summed E-state index contributed by atoms with van der Waals surface area (Å²) in [4.78, 5) is 24.0. The quantitative estimate of drug-likeness (QED) is 0.926. The Kier molecular flexibility index (Phi) is 4.09. The second kappa shape index (κ2) is 5.61. The van der Waals surface area contributed by atoms with Crippen molar-refractivity contribution in [2.45, 2.75) is 25.9 Å². The number of hydrogen-bond acceptors (Lipinski definition) is 3. The fourth-order valence-electron chi connectivity index (χ4n) is 1.95. The fraction of sp³-hybridized carbons (Fsp3) is 0.385. The molecule has 1 saturated heterocycles. The standard InChI is InChI=1S/C13H14BrNO4/c1-8-2-3-9(6-11(8)14)15-5-4-10(7-12(16)17)19-13(15)18/h2-3,6,10H,4-5,7H2,1H3,(H,16,17). The minimum atomic E-state index is -0.954. The summed E-state index contributed by atoms with van der Waals surface area (Å²) >= 11 is 3.42. The maximum Gasteiger partial charge on any atom is 0.414 e. The van der Waals surface area contributed by atoms with Crippen molar-refractivity contribution in [2.75, 3.05) is 11.4 Å². The van der Waals surface area contributed by atoms with Crippen LogP contribution in [0.3, 0.4) is 0 Å². The van der Waals surface area contributed by atoms with Gasteiger partial charge in [0.05, 0.1) is 6.42 Å². The Bertz CT molecular complexity index is 517. The molecule has 0 spiro atoms. The van der Waals surface area contributed by atoms with Crippen molar-refractivity contribution < 1.29 is 19.4 Å². The highest BCUT2D eigenvalue weighted by atomic mass is 79.9. The zero-order valence-corrected chi connectivity index (χ0v) is 12.0. The number of aliphatic carboxylic acids is 1. The Balaban J connectivity index is 2.09. The number of ether oxygens (including phenoxy) is 1. The van der Waals surface area contributed by atoms with E-state index in [4.69, 9.17) is 9.84 Å². The molecule has 6 heteroatoms. The van der Waals surface area contributed by atoms with Gasteiger partial charge in [-0.25, -0.2) is 4.79 Å². The first kappa shape index (κ1) is 13.9. The van der Waals surface area contributed by atoms with Crippen LogP contribution in [0.4, 0.5) is 10.5 Å². The van der Waals surface area contributed by atoms with Gasteiger partial charge in [-0.3, -0.25) is 9.69 Å². The van der Waals surface area contributed by atoms with Crippen molar-refractivity contribution in [3.8, 4) is 0 Å². The average Bonchev–Trinajstić information content (AvgIpc) is 2.32. The largest absolute Gasteiger partial charge is 0.481 e. The number of nitrogens with zero attached hydrogens (tertiary/aromatic N) is 1. The number of carbonyl (C=O) groups excluding carboxylic acids is 1. The predicted molar refractivity (Wildman–Crippen MR) is 73.4 cm³/mol. The Labute approximate surface area is 119 Å². The lowest BCUT2D eigenvalue weighted by atomic mass is 10.1. The van der Waals surface area contributed by atoms with Gasteiger partial charge < -0.3 is 9.84 Å². The Hall–Kier alpha value is -1.56. The number of rotatable bonds is 3. The molecule has 1 aliphatic rings. The summed E-state index contributed by atoms with van der Waals surface area (Å²) in [5.74, 6) is -0.954. The van der Waals surface area contributed by atoms with E-state index in [9.17, 15) is 9.59 Å². The topological polar surface area (TPSA) is 66.8 Å². The molecule has 1 N–H and O–H groups in total. The van der Waals surface area contributed by atoms with E-state index in [-0.39, 0.29) is 6.42 Å². The van der Waals surface area contributed by atoms with Crippen LogP contribution in [-0.2, 0) is 9.53 Å². The number of aryl methyl sites for hydroxylation is 1. The summed E-state index contributed by atoms with van der Waals surface area (Å²) in [7, 11) is 0. The highest BCUT2D eigenvalue weighted by Gasteiger charge is 2.29. The minimum absolute atomic E-state index is 0.142. The molecule has 102 valence electrons. The molecule has 1 unspecified atom stereocenters. The molecular weight excluding hydrogens is 314 g/mol. The molecule has 1 amide bonds. The van der Waals surface area contributed by atoms with Gasteiger partial charge in [-0.2, -0.15) is 0 Å². The number of carboxylic acid groups (broad SMARTS) is 1. The number of halogens is 1. The van der Waals surface area contributed by atoms with Crippen molar-refractivity contribution in [2.24, 2.45) is 0 Å². The van der Waals surface area contributed by atoms with Crippen molar-refractivity contribution in [3.63, 3.8) is 0 Å². The molecule has 0 aromatic heterocycles. The number of hydrogen-bond donors (Lipinski definition) is 1. The lowest BCUT2D eigenvalue weighted by molar-refractivity contribution is -0.139. The van der Waals surface area contributed by atoms with E-state index in [1.807, 2.05) is 25.1 Å². The van der Waals surface area contributed by atoms with Crippen LogP contribution in [0, 0.1) is 6.92 Å². The molecule has 0 radical (unpaired) electrons. The lowest BCUT2D eigenvalue weighted by Crippen LogP contribution is -2.42. The smallest absolute Gasteiger partial charge is 0.414 e. The maximum absolute atomic E-state index is 11.9. The van der Waals surface area contributed by atoms with Gasteiger partial charge in [0, 0.05) is 23.1 Å². The molecule has 1 heterocycles. The van der Waals surface area contributed by atoms with E-state index in [1.54, 1.807) is 0 Å². The first-order valence-corrected chi connectivity index (χ1v) is 6.73. The third-order valence-corrected chi connectivity index (χ3v) is 3.89. The van der Waals surface area contributed by atoms with Crippen molar-refractivity contribution in [1.82, 2.24) is 0 Å². The molecule has 0 aliphatic carbocycles. The molecule has 0 bridgehead atoms. The fourth-order valence-corrected chi connectivity index (χ4v) is 2.32. The van der Waals surface area contributed by atoms with Crippen LogP contribution in [0.1, 0.15) is 18.4 Å². The van der Waals surface area contributed by atoms with Crippen molar-refractivity contribution >= 4 is 33.7 Å². The van der Waals surface area contributed by atoms with Crippen LogP contribution in [0.5, 0.6) is 0 Å². The van der Waals surface area contributed by atoms with Crippen LogP contribution < -0.4 is 4.90 Å². The van der Waals surface area contributed by atoms with Crippen LogP contribution >= 0.6 is 15.9 Å². The average molecular weight is 328 g/mol. The minimum Gasteiger partial charge on any atom is -0.481 e. The van der Waals surface area contributed by atoms with Crippen LogP contribution in [0.15, 0.2) is 22.7 Å². The first-order chi connectivity index (χ1) is 8.97. The number of benzene rings is 1. The second-order valence-electron chi connectivity index (χ2n) is 4.48. The molecule has 1 atom stereocenters. The molecule has 1 aromatic rings. The number of carboxylic acids is 1. The number of cyclic esters (lactones) is 1. The highest BCUT2D eigenvalue weighted by molar-refractivity contribution is 9.10. The maximum atomic E-state index is 11.9. The molecule has 5 nitrogen and oxygen atoms in total. The van der Waals surface area contributed by atoms with Crippen molar-refractivity contribution in [3.05, 3.63) is 28.2 Å². The van der Waals surface area contributed by atoms with E-state index in [2.05, 4.69) is 15.9 Å². The number of anilines is 1. The van der Waals surface area contributed by atoms with Gasteiger partial charge in [0.25, 0.3) is 0 Å². The van der Waals surface area contributed by atoms with E-state index in [0.717, 1.165) is 15.7 Å². The molecule has 0 saturated carbocycles. The summed E-state index contributed by atoms with van der Waals surface area (Å²) in [6.07, 6.45) is -0.649. The zero-order chi connectivity index (χ0) is 14.0. The lowest BCUT2D eigenvalue weighted by Gasteiger charge is -2.31. The van der Waals surface area contributed by atoms with E-state index in [0.29, 0.717) is 13.0 Å². The zero-order valence-electron chi connectivity index (χ0n) is 10.4. The normalized spacial score (nSPS) is 19.2. The van der Waals surface area contributed by atoms with E-state index < -0.39 is 18.2 Å². The highest BCUT2D eigenvalue weighted by Crippen LogP contribution is 2.27. The van der Waals surface area contributed by atoms with Crippen LogP contribution in [0.2, 0.25) is 0 Å².